The Kier molecular flexibility index (Phi) is 10.8. The number of hydrogen-bond acceptors (Lipinski definition) is 3. The minimum Gasteiger partial charge on any atom is -0.492 e. The van der Waals surface area contributed by atoms with E-state index >= 15 is 0 Å². The molecule has 6 heteroatoms. The van der Waals surface area contributed by atoms with Crippen LogP contribution in [0.15, 0.2) is 59.6 Å². The molecule has 148 valence electrons. The van der Waals surface area contributed by atoms with Gasteiger partial charge < -0.3 is 19.9 Å². The number of guanidine groups is 1. The smallest absolute Gasteiger partial charge is 0.194 e. The van der Waals surface area contributed by atoms with Crippen LogP contribution in [0.5, 0.6) is 5.75 Å². The second kappa shape index (κ2) is 12.6. The molecule has 0 spiro atoms. The summed E-state index contributed by atoms with van der Waals surface area (Å²) in [5, 5.41) is 3.41. The maximum Gasteiger partial charge on any atom is 0.194 e. The molecule has 0 saturated heterocycles. The van der Waals surface area contributed by atoms with E-state index in [4.69, 9.17) is 9.73 Å². The molecule has 0 amide bonds. The van der Waals surface area contributed by atoms with Gasteiger partial charge in [0.05, 0.1) is 6.54 Å². The summed E-state index contributed by atoms with van der Waals surface area (Å²) in [4.78, 5) is 8.83. The van der Waals surface area contributed by atoms with E-state index < -0.39 is 0 Å². The summed E-state index contributed by atoms with van der Waals surface area (Å²) in [6.07, 6.45) is 0. The monoisotopic (exact) mass is 482 g/mol. The molecule has 0 fully saturated rings. The molecule has 2 rings (SSSR count). The van der Waals surface area contributed by atoms with E-state index in [0.717, 1.165) is 30.4 Å². The summed E-state index contributed by atoms with van der Waals surface area (Å²) >= 11 is 0. The third-order valence-corrected chi connectivity index (χ3v) is 3.83. The molecule has 0 heterocycles. The number of likely N-dealkylation sites (N-methyl/N-ethyl adjacent to an activating group) is 1. The number of nitrogens with zero attached hydrogens (tertiary/aromatic N) is 3. The molecule has 0 atom stereocenters. The molecule has 2 aromatic rings. The third-order valence-electron chi connectivity index (χ3n) is 3.83. The first-order valence-electron chi connectivity index (χ1n) is 8.90. The lowest BCUT2D eigenvalue weighted by Crippen LogP contribution is -2.36. The third kappa shape index (κ3) is 9.10. The summed E-state index contributed by atoms with van der Waals surface area (Å²) in [6.45, 7) is 2.95. The van der Waals surface area contributed by atoms with Crippen molar-refractivity contribution in [2.75, 3.05) is 41.3 Å². The number of benzene rings is 2. The van der Waals surface area contributed by atoms with Gasteiger partial charge in [-0.05, 0) is 37.4 Å². The number of nitrogens with one attached hydrogen (secondary N) is 1. The van der Waals surface area contributed by atoms with Crippen LogP contribution in [-0.2, 0) is 13.1 Å². The van der Waals surface area contributed by atoms with Gasteiger partial charge in [0.15, 0.2) is 5.96 Å². The van der Waals surface area contributed by atoms with E-state index in [1.807, 2.05) is 63.4 Å². The normalized spacial score (nSPS) is 11.1. The highest BCUT2D eigenvalue weighted by molar-refractivity contribution is 14.0. The first-order chi connectivity index (χ1) is 12.5. The fraction of sp³-hybridized carbons (Fsp3) is 0.381. The molecule has 1 N–H and O–H groups in total. The van der Waals surface area contributed by atoms with Crippen LogP contribution in [0.25, 0.3) is 0 Å². The van der Waals surface area contributed by atoms with E-state index in [-0.39, 0.29) is 24.0 Å². The molecule has 2 aromatic carbocycles. The topological polar surface area (TPSA) is 40.1 Å². The van der Waals surface area contributed by atoms with Crippen LogP contribution in [-0.4, -0.2) is 57.1 Å². The van der Waals surface area contributed by atoms with Crippen molar-refractivity contribution >= 4 is 29.9 Å². The molecule has 0 radical (unpaired) electrons. The number of hydrogen-bond donors (Lipinski definition) is 1. The van der Waals surface area contributed by atoms with Crippen molar-refractivity contribution in [3.8, 4) is 5.75 Å². The molecule has 0 bridgehead atoms. The minimum absolute atomic E-state index is 0. The van der Waals surface area contributed by atoms with Gasteiger partial charge in [-0.1, -0.05) is 42.5 Å². The summed E-state index contributed by atoms with van der Waals surface area (Å²) < 4.78 is 5.80. The Morgan fingerprint density at radius 2 is 1.67 bits per heavy atom. The predicted octanol–water partition coefficient (Wildman–Crippen LogP) is 3.45. The van der Waals surface area contributed by atoms with Crippen LogP contribution in [0.4, 0.5) is 0 Å². The maximum atomic E-state index is 5.80. The molecule has 0 unspecified atom stereocenters. The van der Waals surface area contributed by atoms with Crippen LogP contribution < -0.4 is 10.1 Å². The molecule has 0 aliphatic rings. The van der Waals surface area contributed by atoms with Crippen molar-refractivity contribution in [2.24, 2.45) is 4.99 Å². The number of ether oxygens (including phenoxy) is 1. The van der Waals surface area contributed by atoms with Crippen molar-refractivity contribution in [1.29, 1.82) is 0 Å². The van der Waals surface area contributed by atoms with Crippen LogP contribution in [0, 0.1) is 0 Å². The fourth-order valence-electron chi connectivity index (χ4n) is 2.38. The van der Waals surface area contributed by atoms with Gasteiger partial charge in [0.2, 0.25) is 0 Å². The molecular weight excluding hydrogens is 451 g/mol. The average Bonchev–Trinajstić information content (AvgIpc) is 2.62. The number of aliphatic imine (C=N–C) groups is 1. The van der Waals surface area contributed by atoms with Crippen LogP contribution in [0.3, 0.4) is 0 Å². The number of rotatable bonds is 8. The Hall–Kier alpha value is -1.80. The zero-order chi connectivity index (χ0) is 18.8. The Labute approximate surface area is 180 Å². The number of halogens is 1. The molecule has 0 aliphatic heterocycles. The molecule has 0 aliphatic carbocycles. The Morgan fingerprint density at radius 3 is 2.33 bits per heavy atom. The largest absolute Gasteiger partial charge is 0.492 e. The van der Waals surface area contributed by atoms with Crippen molar-refractivity contribution in [3.05, 3.63) is 65.7 Å². The molecule has 0 saturated carbocycles. The Morgan fingerprint density at radius 1 is 0.963 bits per heavy atom. The van der Waals surface area contributed by atoms with Gasteiger partial charge in [-0.15, -0.1) is 24.0 Å². The molecule has 27 heavy (non-hydrogen) atoms. The second-order valence-corrected chi connectivity index (χ2v) is 6.67. The van der Waals surface area contributed by atoms with E-state index in [2.05, 4.69) is 34.5 Å². The van der Waals surface area contributed by atoms with Crippen molar-refractivity contribution in [3.63, 3.8) is 0 Å². The zero-order valence-electron chi connectivity index (χ0n) is 16.7. The van der Waals surface area contributed by atoms with Crippen LogP contribution >= 0.6 is 24.0 Å². The lowest BCUT2D eigenvalue weighted by molar-refractivity contribution is 0.261. The van der Waals surface area contributed by atoms with Crippen molar-refractivity contribution in [2.45, 2.75) is 13.1 Å². The average molecular weight is 482 g/mol. The fourth-order valence-corrected chi connectivity index (χ4v) is 2.38. The summed E-state index contributed by atoms with van der Waals surface area (Å²) in [6, 6.07) is 18.5. The van der Waals surface area contributed by atoms with Crippen LogP contribution in [0.1, 0.15) is 11.1 Å². The van der Waals surface area contributed by atoms with E-state index in [0.29, 0.717) is 13.2 Å². The van der Waals surface area contributed by atoms with Gasteiger partial charge in [0.25, 0.3) is 0 Å². The molecule has 5 nitrogen and oxygen atoms in total. The molecule has 0 aromatic heterocycles. The lowest BCUT2D eigenvalue weighted by atomic mass is 10.2. The van der Waals surface area contributed by atoms with E-state index in [9.17, 15) is 0 Å². The van der Waals surface area contributed by atoms with Gasteiger partial charge in [-0.2, -0.15) is 0 Å². The van der Waals surface area contributed by atoms with E-state index in [1.54, 1.807) is 0 Å². The van der Waals surface area contributed by atoms with Crippen molar-refractivity contribution < 1.29 is 4.74 Å². The Bertz CT molecular complexity index is 690. The van der Waals surface area contributed by atoms with Gasteiger partial charge >= 0.3 is 0 Å². The zero-order valence-corrected chi connectivity index (χ0v) is 19.0. The van der Waals surface area contributed by atoms with Crippen molar-refractivity contribution in [1.82, 2.24) is 15.1 Å². The SMILES string of the molecule is CN(C)CCOc1cccc(CN=C(NCc2ccccc2)N(C)C)c1.I. The second-order valence-electron chi connectivity index (χ2n) is 6.67. The summed E-state index contributed by atoms with van der Waals surface area (Å²) in [5.74, 6) is 1.76. The summed E-state index contributed by atoms with van der Waals surface area (Å²) in [5.41, 5.74) is 2.37. The predicted molar refractivity (Wildman–Crippen MR) is 124 cm³/mol. The van der Waals surface area contributed by atoms with Crippen LogP contribution in [0.2, 0.25) is 0 Å². The van der Waals surface area contributed by atoms with Gasteiger partial charge in [-0.3, -0.25) is 0 Å². The summed E-state index contributed by atoms with van der Waals surface area (Å²) in [7, 11) is 8.08. The highest BCUT2D eigenvalue weighted by Crippen LogP contribution is 2.14. The first kappa shape index (κ1) is 23.2. The quantitative estimate of drug-likeness (QED) is 0.356. The minimum atomic E-state index is 0. The van der Waals surface area contributed by atoms with E-state index in [1.165, 1.54) is 5.56 Å². The highest BCUT2D eigenvalue weighted by Gasteiger charge is 2.03. The lowest BCUT2D eigenvalue weighted by Gasteiger charge is -2.18. The van der Waals surface area contributed by atoms with Gasteiger partial charge in [-0.25, -0.2) is 4.99 Å². The van der Waals surface area contributed by atoms with Gasteiger partial charge in [0.1, 0.15) is 12.4 Å². The molecular formula is C21H31IN4O. The van der Waals surface area contributed by atoms with Gasteiger partial charge in [0, 0.05) is 27.2 Å². The highest BCUT2D eigenvalue weighted by atomic mass is 127. The Balaban J connectivity index is 0.00000364. The standard InChI is InChI=1S/C21H30N4O.HI/c1-24(2)13-14-26-20-12-8-11-19(15-20)17-23-21(25(3)4)22-16-18-9-6-5-7-10-18;/h5-12,15H,13-14,16-17H2,1-4H3,(H,22,23);1H. The maximum absolute atomic E-state index is 5.80. The first-order valence-corrected chi connectivity index (χ1v) is 8.90.